The van der Waals surface area contributed by atoms with Gasteiger partial charge < -0.3 is 15.2 Å². The Labute approximate surface area is 213 Å². The normalized spacial score (nSPS) is 28.9. The summed E-state index contributed by atoms with van der Waals surface area (Å²) in [6.45, 7) is 6.16. The highest BCUT2D eigenvalue weighted by atomic mass is 16.5. The molecule has 190 valence electrons. The largest absolute Gasteiger partial charge is 0.458 e. The lowest BCUT2D eigenvalue weighted by molar-refractivity contribution is -0.148. The number of rotatable bonds is 7. The van der Waals surface area contributed by atoms with Gasteiger partial charge in [0.15, 0.2) is 0 Å². The molecule has 2 aromatic rings. The van der Waals surface area contributed by atoms with Crippen LogP contribution in [0.1, 0.15) is 68.2 Å². The lowest BCUT2D eigenvalue weighted by Gasteiger charge is -2.58. The molecule has 2 aromatic carbocycles. The second-order valence-electron chi connectivity index (χ2n) is 11.9. The molecule has 5 nitrogen and oxygen atoms in total. The van der Waals surface area contributed by atoms with Crippen LogP contribution in [0.5, 0.6) is 0 Å². The number of benzene rings is 2. The molecule has 1 unspecified atom stereocenters. The fourth-order valence-electron chi connectivity index (χ4n) is 6.89. The lowest BCUT2D eigenvalue weighted by Crippen LogP contribution is -2.62. The molecule has 4 fully saturated rings. The van der Waals surface area contributed by atoms with Crippen molar-refractivity contribution in [1.29, 1.82) is 0 Å². The van der Waals surface area contributed by atoms with Crippen LogP contribution in [0.25, 0.3) is 6.08 Å². The van der Waals surface area contributed by atoms with Crippen LogP contribution in [0.15, 0.2) is 54.6 Å². The van der Waals surface area contributed by atoms with Gasteiger partial charge in [-0.15, -0.1) is 0 Å². The fourth-order valence-corrected chi connectivity index (χ4v) is 6.89. The highest BCUT2D eigenvalue weighted by Crippen LogP contribution is 2.55. The Bertz CT molecular complexity index is 1150. The first-order valence-corrected chi connectivity index (χ1v) is 13.2. The smallest absolute Gasteiger partial charge is 0.331 e. The third-order valence-electron chi connectivity index (χ3n) is 8.56. The number of carbonyl (C=O) groups excluding carboxylic acids is 2. The van der Waals surface area contributed by atoms with Crippen molar-refractivity contribution in [1.82, 2.24) is 5.32 Å². The number of hydrogen-bond acceptors (Lipinski definition) is 4. The van der Waals surface area contributed by atoms with Crippen molar-refractivity contribution in [2.24, 2.45) is 17.8 Å². The lowest BCUT2D eigenvalue weighted by atomic mass is 9.52. The van der Waals surface area contributed by atoms with Crippen molar-refractivity contribution in [3.8, 4) is 0 Å². The molecule has 0 spiro atoms. The SMILES string of the molecule is Cc1cc(/C=C/C(=O)OCc2ccccc2)cc(C(C)(C)C(=O)N[C@@H]2[C@@H]3CC4C[C@H]2C[C@@](O)(C4)C3)c1. The summed E-state index contributed by atoms with van der Waals surface area (Å²) in [6, 6.07) is 15.8. The van der Waals surface area contributed by atoms with Gasteiger partial charge in [0.05, 0.1) is 11.0 Å². The number of hydrogen-bond donors (Lipinski definition) is 2. The maximum Gasteiger partial charge on any atom is 0.331 e. The maximum atomic E-state index is 13.6. The first-order chi connectivity index (χ1) is 17.1. The first kappa shape index (κ1) is 24.8. The van der Waals surface area contributed by atoms with Crippen LogP contribution >= 0.6 is 0 Å². The zero-order valence-electron chi connectivity index (χ0n) is 21.5. The molecule has 0 aliphatic heterocycles. The van der Waals surface area contributed by atoms with E-state index < -0.39 is 17.0 Å². The second kappa shape index (κ2) is 9.51. The average Bonchev–Trinajstić information content (AvgIpc) is 2.83. The number of amides is 1. The van der Waals surface area contributed by atoms with E-state index in [1.165, 1.54) is 6.08 Å². The predicted molar refractivity (Wildman–Crippen MR) is 140 cm³/mol. The number of carbonyl (C=O) groups is 2. The second-order valence-corrected chi connectivity index (χ2v) is 11.9. The van der Waals surface area contributed by atoms with E-state index in [4.69, 9.17) is 4.74 Å². The summed E-state index contributed by atoms with van der Waals surface area (Å²) in [5, 5.41) is 14.3. The Balaban J connectivity index is 1.25. The van der Waals surface area contributed by atoms with E-state index >= 15 is 0 Å². The summed E-state index contributed by atoms with van der Waals surface area (Å²) in [5.41, 5.74) is 2.51. The zero-order chi connectivity index (χ0) is 25.5. The molecule has 5 heteroatoms. The molecule has 1 amide bonds. The summed E-state index contributed by atoms with van der Waals surface area (Å²) in [6.07, 6.45) is 7.97. The summed E-state index contributed by atoms with van der Waals surface area (Å²) < 4.78 is 5.35. The van der Waals surface area contributed by atoms with Crippen molar-refractivity contribution in [3.05, 3.63) is 76.9 Å². The highest BCUT2D eigenvalue weighted by molar-refractivity contribution is 5.89. The Morgan fingerprint density at radius 2 is 1.78 bits per heavy atom. The fraction of sp³-hybridized carbons (Fsp3) is 0.484. The van der Waals surface area contributed by atoms with Gasteiger partial charge in [-0.1, -0.05) is 54.1 Å². The topological polar surface area (TPSA) is 75.6 Å². The maximum absolute atomic E-state index is 13.6. The average molecular weight is 488 g/mol. The number of nitrogens with one attached hydrogen (secondary N) is 1. The molecule has 5 atom stereocenters. The van der Waals surface area contributed by atoms with Gasteiger partial charge in [-0.05, 0) is 93.4 Å². The molecule has 6 rings (SSSR count). The molecule has 2 N–H and O–H groups in total. The molecule has 4 aliphatic carbocycles. The summed E-state index contributed by atoms with van der Waals surface area (Å²) in [7, 11) is 0. The molecule has 0 radical (unpaired) electrons. The Kier molecular flexibility index (Phi) is 6.54. The predicted octanol–water partition coefficient (Wildman–Crippen LogP) is 5.09. The minimum absolute atomic E-state index is 0.0229. The molecule has 0 heterocycles. The van der Waals surface area contributed by atoms with Gasteiger partial charge in [0.2, 0.25) is 5.91 Å². The first-order valence-electron chi connectivity index (χ1n) is 13.2. The van der Waals surface area contributed by atoms with Crippen LogP contribution in [0.2, 0.25) is 0 Å². The van der Waals surface area contributed by atoms with Gasteiger partial charge in [-0.2, -0.15) is 0 Å². The minimum atomic E-state index is -0.728. The zero-order valence-corrected chi connectivity index (χ0v) is 21.5. The summed E-state index contributed by atoms with van der Waals surface area (Å²) >= 11 is 0. The quantitative estimate of drug-likeness (QED) is 0.422. The molecule has 0 aromatic heterocycles. The molecular formula is C31H37NO4. The van der Waals surface area contributed by atoms with Crippen molar-refractivity contribution < 1.29 is 19.4 Å². The number of aryl methyl sites for hydroxylation is 1. The van der Waals surface area contributed by atoms with Crippen molar-refractivity contribution in [2.45, 2.75) is 76.5 Å². The van der Waals surface area contributed by atoms with Crippen molar-refractivity contribution in [2.75, 3.05) is 0 Å². The van der Waals surface area contributed by atoms with Gasteiger partial charge in [0.1, 0.15) is 6.61 Å². The molecule has 4 aliphatic rings. The number of ether oxygens (including phenoxy) is 1. The van der Waals surface area contributed by atoms with E-state index in [-0.39, 0.29) is 18.6 Å². The molecule has 4 saturated carbocycles. The van der Waals surface area contributed by atoms with E-state index in [0.29, 0.717) is 17.8 Å². The van der Waals surface area contributed by atoms with E-state index in [1.807, 2.05) is 69.3 Å². The van der Waals surface area contributed by atoms with Crippen LogP contribution in [0.3, 0.4) is 0 Å². The highest BCUT2D eigenvalue weighted by Gasteiger charge is 2.55. The van der Waals surface area contributed by atoms with Crippen molar-refractivity contribution in [3.63, 3.8) is 0 Å². The van der Waals surface area contributed by atoms with Crippen molar-refractivity contribution >= 4 is 18.0 Å². The van der Waals surface area contributed by atoms with Crippen LogP contribution in [-0.4, -0.2) is 28.6 Å². The van der Waals surface area contributed by atoms with Gasteiger partial charge in [0.25, 0.3) is 0 Å². The minimum Gasteiger partial charge on any atom is -0.458 e. The standard InChI is InChI=1S/C31H37NO4/c1-20-11-22(9-10-27(33)36-19-21-7-5-4-6-8-21)15-26(12-20)30(2,3)29(34)32-28-24-13-23-14-25(28)18-31(35,16-23)17-24/h4-12,15,23-25,28,35H,13-14,16-19H2,1-3H3,(H,32,34)/b10-9+/t23?,24-,25+,28-,31-. The van der Waals surface area contributed by atoms with E-state index in [1.54, 1.807) is 6.08 Å². The molecular weight excluding hydrogens is 450 g/mol. The van der Waals surface area contributed by atoms with Gasteiger partial charge >= 0.3 is 5.97 Å². The Hall–Kier alpha value is -2.92. The van der Waals surface area contributed by atoms with Crippen LogP contribution < -0.4 is 5.32 Å². The number of aliphatic hydroxyl groups is 1. The van der Waals surface area contributed by atoms with Crippen LogP contribution in [0.4, 0.5) is 0 Å². The summed E-state index contributed by atoms with van der Waals surface area (Å²) in [5.74, 6) is 0.981. The Morgan fingerprint density at radius 3 is 2.44 bits per heavy atom. The van der Waals surface area contributed by atoms with Gasteiger partial charge in [0, 0.05) is 12.1 Å². The third kappa shape index (κ3) is 5.12. The monoisotopic (exact) mass is 487 g/mol. The molecule has 4 bridgehead atoms. The van der Waals surface area contributed by atoms with Crippen LogP contribution in [-0.2, 0) is 26.3 Å². The van der Waals surface area contributed by atoms with Gasteiger partial charge in [-0.3, -0.25) is 4.79 Å². The van der Waals surface area contributed by atoms with Gasteiger partial charge in [-0.25, -0.2) is 4.79 Å². The van der Waals surface area contributed by atoms with E-state index in [9.17, 15) is 14.7 Å². The molecule has 36 heavy (non-hydrogen) atoms. The molecule has 0 saturated heterocycles. The summed E-state index contributed by atoms with van der Waals surface area (Å²) in [4.78, 5) is 25.8. The third-order valence-corrected chi connectivity index (χ3v) is 8.56. The van der Waals surface area contributed by atoms with Crippen LogP contribution in [0, 0.1) is 24.7 Å². The van der Waals surface area contributed by atoms with E-state index in [2.05, 4.69) is 5.32 Å². The number of esters is 1. The van der Waals surface area contributed by atoms with E-state index in [0.717, 1.165) is 54.4 Å². The Morgan fingerprint density at radius 1 is 1.08 bits per heavy atom.